The number of halogens is 3. The first kappa shape index (κ1) is 15.0. The molecule has 0 saturated carbocycles. The summed E-state index contributed by atoms with van der Waals surface area (Å²) >= 11 is 0.601. The number of carboxylic acids is 1. The standard InChI is InChI=1S/C11H14F3N3O2S/c1-2-4-10(8(18)19)5-3-6-17(10)9-15-7(16-20-9)11(12,13)14/h2-6H2,1H3,(H,18,19). The lowest BCUT2D eigenvalue weighted by Gasteiger charge is -2.34. The fourth-order valence-electron chi connectivity index (χ4n) is 2.60. The Morgan fingerprint density at radius 3 is 2.75 bits per heavy atom. The maximum absolute atomic E-state index is 12.5. The summed E-state index contributed by atoms with van der Waals surface area (Å²) in [6.45, 7) is 2.24. The highest BCUT2D eigenvalue weighted by molar-refractivity contribution is 7.09. The highest BCUT2D eigenvalue weighted by Gasteiger charge is 2.49. The smallest absolute Gasteiger partial charge is 0.452 e. The molecule has 112 valence electrons. The van der Waals surface area contributed by atoms with E-state index < -0.39 is 23.5 Å². The predicted octanol–water partition coefficient (Wildman–Crippen LogP) is 2.78. The van der Waals surface area contributed by atoms with Crippen LogP contribution in [0.3, 0.4) is 0 Å². The summed E-state index contributed by atoms with van der Waals surface area (Å²) in [7, 11) is 0. The van der Waals surface area contributed by atoms with E-state index in [-0.39, 0.29) is 5.13 Å². The summed E-state index contributed by atoms with van der Waals surface area (Å²) in [6, 6.07) is 0. The molecule has 0 aromatic carbocycles. The quantitative estimate of drug-likeness (QED) is 0.926. The molecule has 5 nitrogen and oxygen atoms in total. The van der Waals surface area contributed by atoms with Gasteiger partial charge in [-0.3, -0.25) is 0 Å². The molecule has 1 saturated heterocycles. The van der Waals surface area contributed by atoms with Crippen LogP contribution in [0.2, 0.25) is 0 Å². The number of anilines is 1. The van der Waals surface area contributed by atoms with Gasteiger partial charge in [0, 0.05) is 18.1 Å². The van der Waals surface area contributed by atoms with Crippen molar-refractivity contribution >= 4 is 22.6 Å². The van der Waals surface area contributed by atoms with Crippen molar-refractivity contribution in [1.82, 2.24) is 9.36 Å². The van der Waals surface area contributed by atoms with Crippen LogP contribution in [0.1, 0.15) is 38.4 Å². The van der Waals surface area contributed by atoms with Crippen molar-refractivity contribution in [3.05, 3.63) is 5.82 Å². The van der Waals surface area contributed by atoms with Crippen LogP contribution < -0.4 is 4.90 Å². The Balaban J connectivity index is 2.35. The van der Waals surface area contributed by atoms with Crippen molar-refractivity contribution in [3.63, 3.8) is 0 Å². The largest absolute Gasteiger partial charge is 0.479 e. The maximum atomic E-state index is 12.5. The number of alkyl halides is 3. The van der Waals surface area contributed by atoms with E-state index in [9.17, 15) is 23.1 Å². The van der Waals surface area contributed by atoms with E-state index in [4.69, 9.17) is 0 Å². The number of rotatable bonds is 4. The molecule has 0 bridgehead atoms. The van der Waals surface area contributed by atoms with Gasteiger partial charge in [0.15, 0.2) is 0 Å². The van der Waals surface area contributed by atoms with Crippen LogP contribution in [0.25, 0.3) is 0 Å². The molecule has 1 N–H and O–H groups in total. The molecule has 1 aliphatic rings. The van der Waals surface area contributed by atoms with E-state index >= 15 is 0 Å². The van der Waals surface area contributed by atoms with Crippen molar-refractivity contribution in [2.75, 3.05) is 11.4 Å². The lowest BCUT2D eigenvalue weighted by atomic mass is 9.91. The third-order valence-corrected chi connectivity index (χ3v) is 4.19. The highest BCUT2D eigenvalue weighted by atomic mass is 32.1. The van der Waals surface area contributed by atoms with E-state index in [1.807, 2.05) is 6.92 Å². The minimum atomic E-state index is -4.61. The van der Waals surface area contributed by atoms with E-state index in [1.54, 1.807) is 0 Å². The molecule has 1 atom stereocenters. The van der Waals surface area contributed by atoms with E-state index in [0.29, 0.717) is 43.8 Å². The molecule has 1 aliphatic heterocycles. The minimum absolute atomic E-state index is 0.0330. The first-order chi connectivity index (χ1) is 9.31. The van der Waals surface area contributed by atoms with Crippen molar-refractivity contribution < 1.29 is 23.1 Å². The van der Waals surface area contributed by atoms with Crippen molar-refractivity contribution in [2.24, 2.45) is 0 Å². The van der Waals surface area contributed by atoms with Crippen molar-refractivity contribution in [1.29, 1.82) is 0 Å². The fraction of sp³-hybridized carbons (Fsp3) is 0.727. The molecule has 1 unspecified atom stereocenters. The van der Waals surface area contributed by atoms with Crippen LogP contribution in [0.5, 0.6) is 0 Å². The summed E-state index contributed by atoms with van der Waals surface area (Å²) in [4.78, 5) is 16.5. The van der Waals surface area contributed by atoms with E-state index in [2.05, 4.69) is 9.36 Å². The van der Waals surface area contributed by atoms with E-state index in [1.165, 1.54) is 4.90 Å². The number of hydrogen-bond donors (Lipinski definition) is 1. The van der Waals surface area contributed by atoms with Crippen molar-refractivity contribution in [3.8, 4) is 0 Å². The van der Waals surface area contributed by atoms with Gasteiger partial charge in [0.25, 0.3) is 0 Å². The zero-order valence-corrected chi connectivity index (χ0v) is 11.6. The monoisotopic (exact) mass is 309 g/mol. The maximum Gasteiger partial charge on any atom is 0.452 e. The molecule has 2 rings (SSSR count). The number of carbonyl (C=O) groups is 1. The fourth-order valence-corrected chi connectivity index (χ4v) is 3.40. The van der Waals surface area contributed by atoms with Gasteiger partial charge in [0.2, 0.25) is 11.0 Å². The molecule has 1 aromatic heterocycles. The van der Waals surface area contributed by atoms with Crippen LogP contribution >= 0.6 is 11.5 Å². The normalized spacial score (nSPS) is 23.3. The lowest BCUT2D eigenvalue weighted by Crippen LogP contribution is -2.50. The second kappa shape index (κ2) is 5.19. The molecule has 0 amide bonds. The predicted molar refractivity (Wildman–Crippen MR) is 66.8 cm³/mol. The van der Waals surface area contributed by atoms with Gasteiger partial charge < -0.3 is 10.0 Å². The lowest BCUT2D eigenvalue weighted by molar-refractivity contribution is -0.144. The molecule has 0 radical (unpaired) electrons. The molecular weight excluding hydrogens is 295 g/mol. The molecule has 1 fully saturated rings. The number of aliphatic carboxylic acids is 1. The first-order valence-corrected chi connectivity index (χ1v) is 7.00. The van der Waals surface area contributed by atoms with Gasteiger partial charge in [-0.2, -0.15) is 22.5 Å². The van der Waals surface area contributed by atoms with Gasteiger partial charge in [-0.15, -0.1) is 0 Å². The molecule has 0 aliphatic carbocycles. The highest BCUT2D eigenvalue weighted by Crippen LogP contribution is 2.40. The number of aromatic nitrogens is 2. The zero-order valence-electron chi connectivity index (χ0n) is 10.8. The molecule has 2 heterocycles. The van der Waals surface area contributed by atoms with Crippen LogP contribution in [0.15, 0.2) is 0 Å². The van der Waals surface area contributed by atoms with Gasteiger partial charge >= 0.3 is 12.1 Å². The van der Waals surface area contributed by atoms with Gasteiger partial charge in [0.05, 0.1) is 0 Å². The van der Waals surface area contributed by atoms with Crippen LogP contribution in [-0.4, -0.2) is 32.5 Å². The average molecular weight is 309 g/mol. The zero-order chi connectivity index (χ0) is 15.0. The summed E-state index contributed by atoms with van der Waals surface area (Å²) in [5, 5.41) is 9.52. The number of carboxylic acid groups (broad SMARTS) is 1. The number of nitrogens with zero attached hydrogens (tertiary/aromatic N) is 3. The van der Waals surface area contributed by atoms with Gasteiger partial charge in [-0.05, 0) is 19.3 Å². The third-order valence-electron chi connectivity index (χ3n) is 3.45. The summed E-state index contributed by atoms with van der Waals surface area (Å²) in [5.41, 5.74) is -1.16. The van der Waals surface area contributed by atoms with Crippen LogP contribution in [0.4, 0.5) is 18.3 Å². The Kier molecular flexibility index (Phi) is 3.90. The summed E-state index contributed by atoms with van der Waals surface area (Å²) < 4.78 is 40.9. The Labute approximate surface area is 117 Å². The Morgan fingerprint density at radius 1 is 1.55 bits per heavy atom. The first-order valence-electron chi connectivity index (χ1n) is 6.23. The minimum Gasteiger partial charge on any atom is -0.479 e. The topological polar surface area (TPSA) is 66.3 Å². The van der Waals surface area contributed by atoms with Crippen LogP contribution in [0, 0.1) is 0 Å². The molecular formula is C11H14F3N3O2S. The summed E-state index contributed by atoms with van der Waals surface area (Å²) in [5.74, 6) is -2.22. The molecule has 9 heteroatoms. The number of hydrogen-bond acceptors (Lipinski definition) is 5. The van der Waals surface area contributed by atoms with Gasteiger partial charge in [-0.1, -0.05) is 13.3 Å². The second-order valence-corrected chi connectivity index (χ2v) is 5.47. The molecule has 20 heavy (non-hydrogen) atoms. The second-order valence-electron chi connectivity index (χ2n) is 4.74. The molecule has 1 aromatic rings. The third kappa shape index (κ3) is 2.46. The average Bonchev–Trinajstić information content (AvgIpc) is 2.93. The molecule has 0 spiro atoms. The van der Waals surface area contributed by atoms with Gasteiger partial charge in [-0.25, -0.2) is 4.79 Å². The Hall–Kier alpha value is -1.38. The van der Waals surface area contributed by atoms with Crippen molar-refractivity contribution in [2.45, 2.75) is 44.3 Å². The van der Waals surface area contributed by atoms with Crippen LogP contribution in [-0.2, 0) is 11.0 Å². The Morgan fingerprint density at radius 2 is 2.25 bits per heavy atom. The van der Waals surface area contributed by atoms with Gasteiger partial charge in [0.1, 0.15) is 5.54 Å². The SMILES string of the molecule is CCCC1(C(=O)O)CCCN1c1nc(C(F)(F)F)ns1. The Bertz CT molecular complexity index is 505. The van der Waals surface area contributed by atoms with E-state index in [0.717, 1.165) is 0 Å². The summed E-state index contributed by atoms with van der Waals surface area (Å²) in [6.07, 6.45) is -2.56.